The van der Waals surface area contributed by atoms with Crippen molar-refractivity contribution in [3.8, 4) is 0 Å². The van der Waals surface area contributed by atoms with Crippen LogP contribution >= 0.6 is 0 Å². The lowest BCUT2D eigenvalue weighted by Crippen LogP contribution is -2.21. The van der Waals surface area contributed by atoms with Crippen molar-refractivity contribution >= 4 is 9.84 Å². The zero-order valence-electron chi connectivity index (χ0n) is 8.07. The molecular formula is C9H11F2NO2S. The van der Waals surface area contributed by atoms with Gasteiger partial charge in [0.05, 0.1) is 5.75 Å². The van der Waals surface area contributed by atoms with E-state index in [1.807, 2.05) is 0 Å². The Morgan fingerprint density at radius 2 is 1.73 bits per heavy atom. The molecule has 2 N–H and O–H groups in total. The molecule has 0 saturated carbocycles. The molecule has 1 atom stereocenters. The predicted molar refractivity (Wildman–Crippen MR) is 53.0 cm³/mol. The molecule has 0 aromatic heterocycles. The summed E-state index contributed by atoms with van der Waals surface area (Å²) in [7, 11) is -3.27. The maximum atomic E-state index is 12.8. The summed E-state index contributed by atoms with van der Waals surface area (Å²) in [6.07, 6.45) is 1.02. The zero-order chi connectivity index (χ0) is 11.6. The minimum atomic E-state index is -3.27. The molecular weight excluding hydrogens is 224 g/mol. The summed E-state index contributed by atoms with van der Waals surface area (Å²) in [4.78, 5) is 0. The molecule has 0 bridgehead atoms. The van der Waals surface area contributed by atoms with Gasteiger partial charge in [0.25, 0.3) is 0 Å². The quantitative estimate of drug-likeness (QED) is 0.850. The molecule has 0 amide bonds. The van der Waals surface area contributed by atoms with Crippen LogP contribution in [-0.4, -0.2) is 20.4 Å². The van der Waals surface area contributed by atoms with Gasteiger partial charge in [0.1, 0.15) is 21.5 Å². The summed E-state index contributed by atoms with van der Waals surface area (Å²) >= 11 is 0. The van der Waals surface area contributed by atoms with Gasteiger partial charge < -0.3 is 5.73 Å². The van der Waals surface area contributed by atoms with Crippen LogP contribution in [0.2, 0.25) is 0 Å². The summed E-state index contributed by atoms with van der Waals surface area (Å²) in [6, 6.07) is 1.85. The third kappa shape index (κ3) is 3.93. The van der Waals surface area contributed by atoms with E-state index in [-0.39, 0.29) is 11.3 Å². The monoisotopic (exact) mass is 235 g/mol. The van der Waals surface area contributed by atoms with E-state index in [0.717, 1.165) is 18.4 Å². The summed E-state index contributed by atoms with van der Waals surface area (Å²) in [5, 5.41) is 0. The summed E-state index contributed by atoms with van der Waals surface area (Å²) < 4.78 is 47.4. The van der Waals surface area contributed by atoms with Crippen LogP contribution in [0, 0.1) is 11.6 Å². The van der Waals surface area contributed by atoms with E-state index in [2.05, 4.69) is 0 Å². The lowest BCUT2D eigenvalue weighted by molar-refractivity contribution is 0.572. The molecule has 3 nitrogen and oxygen atoms in total. The van der Waals surface area contributed by atoms with Crippen molar-refractivity contribution < 1.29 is 17.2 Å². The lowest BCUT2D eigenvalue weighted by Gasteiger charge is -2.10. The number of sulfone groups is 1. The summed E-state index contributed by atoms with van der Waals surface area (Å²) in [5.74, 6) is -1.88. The number of hydrogen-bond donors (Lipinski definition) is 1. The fourth-order valence-electron chi connectivity index (χ4n) is 1.21. The van der Waals surface area contributed by atoms with E-state index >= 15 is 0 Å². The van der Waals surface area contributed by atoms with Crippen molar-refractivity contribution in [2.75, 3.05) is 12.0 Å². The van der Waals surface area contributed by atoms with Crippen molar-refractivity contribution in [3.63, 3.8) is 0 Å². The highest BCUT2D eigenvalue weighted by Gasteiger charge is 2.14. The van der Waals surface area contributed by atoms with Crippen LogP contribution in [-0.2, 0) is 9.84 Å². The smallest absolute Gasteiger partial charge is 0.149 e. The van der Waals surface area contributed by atoms with Gasteiger partial charge in [0, 0.05) is 18.4 Å². The number of halogens is 2. The second-order valence-corrected chi connectivity index (χ2v) is 5.59. The van der Waals surface area contributed by atoms with Crippen molar-refractivity contribution in [2.45, 2.75) is 6.04 Å². The van der Waals surface area contributed by atoms with Gasteiger partial charge >= 0.3 is 0 Å². The van der Waals surface area contributed by atoms with Gasteiger partial charge in [-0.05, 0) is 17.7 Å². The van der Waals surface area contributed by atoms with E-state index in [1.165, 1.54) is 0 Å². The third-order valence-corrected chi connectivity index (χ3v) is 2.76. The first-order valence-electron chi connectivity index (χ1n) is 4.17. The highest BCUT2D eigenvalue weighted by Crippen LogP contribution is 2.15. The molecule has 0 aliphatic heterocycles. The fraction of sp³-hybridized carbons (Fsp3) is 0.333. The average molecular weight is 235 g/mol. The number of rotatable bonds is 3. The molecule has 15 heavy (non-hydrogen) atoms. The normalized spacial score (nSPS) is 13.9. The van der Waals surface area contributed by atoms with Gasteiger partial charge in [-0.2, -0.15) is 0 Å². The largest absolute Gasteiger partial charge is 0.323 e. The molecule has 1 aromatic carbocycles. The molecule has 0 radical (unpaired) electrons. The Balaban J connectivity index is 2.96. The topological polar surface area (TPSA) is 60.2 Å². The molecule has 0 saturated heterocycles. The molecule has 0 aliphatic rings. The van der Waals surface area contributed by atoms with Gasteiger partial charge in [0.15, 0.2) is 0 Å². The van der Waals surface area contributed by atoms with Crippen molar-refractivity contribution in [3.05, 3.63) is 35.4 Å². The second kappa shape index (κ2) is 4.24. The van der Waals surface area contributed by atoms with Crippen LogP contribution in [0.15, 0.2) is 18.2 Å². The highest BCUT2D eigenvalue weighted by atomic mass is 32.2. The van der Waals surface area contributed by atoms with Gasteiger partial charge in [-0.15, -0.1) is 0 Å². The van der Waals surface area contributed by atoms with E-state index in [0.29, 0.717) is 6.07 Å². The first-order chi connectivity index (χ1) is 6.78. The maximum absolute atomic E-state index is 12.8. The molecule has 0 fully saturated rings. The maximum Gasteiger partial charge on any atom is 0.149 e. The first-order valence-corrected chi connectivity index (χ1v) is 6.23. The van der Waals surface area contributed by atoms with E-state index < -0.39 is 27.5 Å². The van der Waals surface area contributed by atoms with Gasteiger partial charge in [-0.1, -0.05) is 0 Å². The lowest BCUT2D eigenvalue weighted by atomic mass is 10.1. The molecule has 1 aromatic rings. The highest BCUT2D eigenvalue weighted by molar-refractivity contribution is 7.90. The molecule has 0 aliphatic carbocycles. The van der Waals surface area contributed by atoms with E-state index in [4.69, 9.17) is 5.73 Å². The Morgan fingerprint density at radius 3 is 2.13 bits per heavy atom. The molecule has 84 valence electrons. The molecule has 0 spiro atoms. The van der Waals surface area contributed by atoms with Crippen LogP contribution in [0.4, 0.5) is 8.78 Å². The van der Waals surface area contributed by atoms with Crippen LogP contribution in [0.1, 0.15) is 11.6 Å². The standard InChI is InChI=1S/C9H11F2NO2S/c1-15(13,14)5-9(12)6-2-7(10)4-8(11)3-6/h2-4,9H,5,12H2,1H3. The molecule has 6 heteroatoms. The Hall–Kier alpha value is -1.01. The van der Waals surface area contributed by atoms with Crippen LogP contribution in [0.5, 0.6) is 0 Å². The van der Waals surface area contributed by atoms with Gasteiger partial charge in [-0.3, -0.25) is 0 Å². The minimum Gasteiger partial charge on any atom is -0.323 e. The second-order valence-electron chi connectivity index (χ2n) is 3.40. The minimum absolute atomic E-state index is 0.137. The molecule has 1 rings (SSSR count). The van der Waals surface area contributed by atoms with Crippen LogP contribution < -0.4 is 5.73 Å². The summed E-state index contributed by atoms with van der Waals surface area (Å²) in [6.45, 7) is 0. The molecule has 0 heterocycles. The Kier molecular flexibility index (Phi) is 3.41. The van der Waals surface area contributed by atoms with Crippen molar-refractivity contribution in [1.82, 2.24) is 0 Å². The SMILES string of the molecule is CS(=O)(=O)CC(N)c1cc(F)cc(F)c1. The van der Waals surface area contributed by atoms with Gasteiger partial charge in [0.2, 0.25) is 0 Å². The average Bonchev–Trinajstić information content (AvgIpc) is 1.98. The van der Waals surface area contributed by atoms with Crippen LogP contribution in [0.25, 0.3) is 0 Å². The number of benzene rings is 1. The first kappa shape index (κ1) is 12.1. The Labute approximate surface area is 86.8 Å². The van der Waals surface area contributed by atoms with Gasteiger partial charge in [-0.25, -0.2) is 17.2 Å². The number of hydrogen-bond acceptors (Lipinski definition) is 3. The Morgan fingerprint density at radius 1 is 1.27 bits per heavy atom. The zero-order valence-corrected chi connectivity index (χ0v) is 8.89. The molecule has 1 unspecified atom stereocenters. The Bertz CT molecular complexity index is 439. The van der Waals surface area contributed by atoms with Crippen LogP contribution in [0.3, 0.4) is 0 Å². The number of nitrogens with two attached hydrogens (primary N) is 1. The third-order valence-electron chi connectivity index (χ3n) is 1.80. The van der Waals surface area contributed by atoms with Crippen molar-refractivity contribution in [1.29, 1.82) is 0 Å². The predicted octanol–water partition coefficient (Wildman–Crippen LogP) is 1.01. The van der Waals surface area contributed by atoms with Crippen molar-refractivity contribution in [2.24, 2.45) is 5.73 Å². The van der Waals surface area contributed by atoms with E-state index in [1.54, 1.807) is 0 Å². The fourth-order valence-corrected chi connectivity index (χ4v) is 2.06. The van der Waals surface area contributed by atoms with E-state index in [9.17, 15) is 17.2 Å². The summed E-state index contributed by atoms with van der Waals surface area (Å²) in [5.41, 5.74) is 5.64.